The Morgan fingerprint density at radius 2 is 2.00 bits per heavy atom. The van der Waals surface area contributed by atoms with Crippen LogP contribution in [0.4, 0.5) is 0 Å². The molecule has 0 aromatic heterocycles. The quantitative estimate of drug-likeness (QED) is 0.736. The zero-order valence-corrected chi connectivity index (χ0v) is 14.3. The minimum absolute atomic E-state index is 0.00341. The number of hydrogen-bond acceptors (Lipinski definition) is 3. The lowest BCUT2D eigenvalue weighted by atomic mass is 10.2. The standard InChI is InChI=1S/C15H21ClN2O3S/c1-4-10-18(11-15(19)17-12(3)5-2)22(20,21)14-8-6-13(16)7-9-14/h4,6-9,12H,1,5,10-11H2,2-3H3,(H,17,19). The van der Waals surface area contributed by atoms with Gasteiger partial charge in [-0.2, -0.15) is 4.31 Å². The molecule has 1 aromatic carbocycles. The maximum Gasteiger partial charge on any atom is 0.243 e. The van der Waals surface area contributed by atoms with Crippen molar-refractivity contribution in [3.8, 4) is 0 Å². The summed E-state index contributed by atoms with van der Waals surface area (Å²) in [4.78, 5) is 12.0. The number of nitrogens with one attached hydrogen (secondary N) is 1. The van der Waals surface area contributed by atoms with Gasteiger partial charge in [-0.1, -0.05) is 24.6 Å². The van der Waals surface area contributed by atoms with E-state index in [2.05, 4.69) is 11.9 Å². The fraction of sp³-hybridized carbons (Fsp3) is 0.400. The predicted octanol–water partition coefficient (Wildman–Crippen LogP) is 2.43. The van der Waals surface area contributed by atoms with Crippen molar-refractivity contribution < 1.29 is 13.2 Å². The third kappa shape index (κ3) is 5.12. The number of carbonyl (C=O) groups is 1. The average molecular weight is 345 g/mol. The number of sulfonamides is 1. The van der Waals surface area contributed by atoms with Crippen molar-refractivity contribution >= 4 is 27.5 Å². The summed E-state index contributed by atoms with van der Waals surface area (Å²) in [5, 5.41) is 3.20. The molecule has 22 heavy (non-hydrogen) atoms. The molecule has 0 aliphatic carbocycles. The molecule has 0 saturated carbocycles. The van der Waals surface area contributed by atoms with Crippen LogP contribution in [0.1, 0.15) is 20.3 Å². The number of amides is 1. The lowest BCUT2D eigenvalue weighted by Crippen LogP contribution is -2.43. The van der Waals surface area contributed by atoms with Gasteiger partial charge < -0.3 is 5.32 Å². The molecule has 0 aliphatic heterocycles. The first-order valence-corrected chi connectivity index (χ1v) is 8.79. The Balaban J connectivity index is 2.95. The van der Waals surface area contributed by atoms with Crippen LogP contribution in [-0.4, -0.2) is 37.8 Å². The van der Waals surface area contributed by atoms with Crippen molar-refractivity contribution in [2.24, 2.45) is 0 Å². The van der Waals surface area contributed by atoms with Crippen molar-refractivity contribution in [2.75, 3.05) is 13.1 Å². The number of carbonyl (C=O) groups excluding carboxylic acids is 1. The Morgan fingerprint density at radius 1 is 1.41 bits per heavy atom. The van der Waals surface area contributed by atoms with E-state index in [-0.39, 0.29) is 29.9 Å². The number of rotatable bonds is 8. The molecule has 5 nitrogen and oxygen atoms in total. The van der Waals surface area contributed by atoms with Gasteiger partial charge in [0.15, 0.2) is 0 Å². The highest BCUT2D eigenvalue weighted by Gasteiger charge is 2.25. The molecule has 1 unspecified atom stereocenters. The fourth-order valence-electron chi connectivity index (χ4n) is 1.73. The highest BCUT2D eigenvalue weighted by molar-refractivity contribution is 7.89. The van der Waals surface area contributed by atoms with E-state index in [4.69, 9.17) is 11.6 Å². The number of benzene rings is 1. The minimum atomic E-state index is -3.77. The molecule has 0 bridgehead atoms. The Labute approximate surface area is 137 Å². The van der Waals surface area contributed by atoms with E-state index >= 15 is 0 Å². The van der Waals surface area contributed by atoms with Gasteiger partial charge in [0.05, 0.1) is 11.4 Å². The highest BCUT2D eigenvalue weighted by atomic mass is 35.5. The first-order chi connectivity index (χ1) is 10.3. The zero-order valence-electron chi connectivity index (χ0n) is 12.8. The SMILES string of the molecule is C=CCN(CC(=O)NC(C)CC)S(=O)(=O)c1ccc(Cl)cc1. The number of nitrogens with zero attached hydrogens (tertiary/aromatic N) is 1. The Bertz CT molecular complexity index is 614. The molecule has 0 saturated heterocycles. The molecule has 1 atom stereocenters. The molecular weight excluding hydrogens is 324 g/mol. The van der Waals surface area contributed by atoms with Crippen molar-refractivity contribution in [1.82, 2.24) is 9.62 Å². The summed E-state index contributed by atoms with van der Waals surface area (Å²) >= 11 is 5.77. The van der Waals surface area contributed by atoms with E-state index in [0.29, 0.717) is 5.02 Å². The van der Waals surface area contributed by atoms with Crippen LogP contribution in [0.25, 0.3) is 0 Å². The van der Waals surface area contributed by atoms with Crippen LogP contribution in [0.15, 0.2) is 41.8 Å². The van der Waals surface area contributed by atoms with Crippen LogP contribution in [0.2, 0.25) is 5.02 Å². The first-order valence-electron chi connectivity index (χ1n) is 6.97. The maximum absolute atomic E-state index is 12.6. The molecule has 0 spiro atoms. The third-order valence-electron chi connectivity index (χ3n) is 3.12. The van der Waals surface area contributed by atoms with Gasteiger partial charge in [-0.3, -0.25) is 4.79 Å². The van der Waals surface area contributed by atoms with Gasteiger partial charge in [-0.15, -0.1) is 6.58 Å². The highest BCUT2D eigenvalue weighted by Crippen LogP contribution is 2.18. The van der Waals surface area contributed by atoms with Crippen molar-refractivity contribution in [3.05, 3.63) is 41.9 Å². The molecule has 1 N–H and O–H groups in total. The van der Waals surface area contributed by atoms with E-state index < -0.39 is 10.0 Å². The normalized spacial score (nSPS) is 12.9. The molecule has 122 valence electrons. The second-order valence-electron chi connectivity index (χ2n) is 4.92. The van der Waals surface area contributed by atoms with Gasteiger partial charge in [-0.05, 0) is 37.6 Å². The summed E-state index contributed by atoms with van der Waals surface area (Å²) in [6.45, 7) is 7.16. The van der Waals surface area contributed by atoms with Crippen LogP contribution >= 0.6 is 11.6 Å². The van der Waals surface area contributed by atoms with E-state index in [1.807, 2.05) is 13.8 Å². The molecule has 0 fully saturated rings. The number of halogens is 1. The lowest BCUT2D eigenvalue weighted by molar-refractivity contribution is -0.121. The summed E-state index contributed by atoms with van der Waals surface area (Å²) in [5.41, 5.74) is 0. The summed E-state index contributed by atoms with van der Waals surface area (Å²) in [6.07, 6.45) is 2.22. The summed E-state index contributed by atoms with van der Waals surface area (Å²) in [5.74, 6) is -0.339. The van der Waals surface area contributed by atoms with Gasteiger partial charge in [0.25, 0.3) is 0 Å². The van der Waals surface area contributed by atoms with Crippen molar-refractivity contribution in [1.29, 1.82) is 0 Å². The topological polar surface area (TPSA) is 66.5 Å². The van der Waals surface area contributed by atoms with Crippen LogP contribution in [0.5, 0.6) is 0 Å². The van der Waals surface area contributed by atoms with Gasteiger partial charge in [0, 0.05) is 17.6 Å². The van der Waals surface area contributed by atoms with Crippen molar-refractivity contribution in [3.63, 3.8) is 0 Å². The van der Waals surface area contributed by atoms with Crippen LogP contribution in [0, 0.1) is 0 Å². The number of hydrogen-bond donors (Lipinski definition) is 1. The Morgan fingerprint density at radius 3 is 2.50 bits per heavy atom. The van der Waals surface area contributed by atoms with Crippen LogP contribution in [0.3, 0.4) is 0 Å². The Kier molecular flexibility index (Phi) is 7.06. The fourth-order valence-corrected chi connectivity index (χ4v) is 3.22. The van der Waals surface area contributed by atoms with E-state index in [1.54, 1.807) is 0 Å². The molecular formula is C15H21ClN2O3S. The smallest absolute Gasteiger partial charge is 0.243 e. The summed E-state index contributed by atoms with van der Waals surface area (Å²) in [6, 6.07) is 5.83. The molecule has 7 heteroatoms. The third-order valence-corrected chi connectivity index (χ3v) is 5.20. The zero-order chi connectivity index (χ0) is 16.8. The van der Waals surface area contributed by atoms with Crippen LogP contribution < -0.4 is 5.32 Å². The van der Waals surface area contributed by atoms with Crippen molar-refractivity contribution in [2.45, 2.75) is 31.2 Å². The second-order valence-corrected chi connectivity index (χ2v) is 7.29. The molecule has 1 aromatic rings. The molecule has 1 rings (SSSR count). The molecule has 0 aliphatic rings. The maximum atomic E-state index is 12.6. The largest absolute Gasteiger partial charge is 0.353 e. The molecule has 0 heterocycles. The van der Waals surface area contributed by atoms with Gasteiger partial charge >= 0.3 is 0 Å². The monoisotopic (exact) mass is 344 g/mol. The summed E-state index contributed by atoms with van der Waals surface area (Å²) < 4.78 is 26.2. The average Bonchev–Trinajstić information content (AvgIpc) is 2.47. The van der Waals surface area contributed by atoms with Gasteiger partial charge in [0.1, 0.15) is 0 Å². The van der Waals surface area contributed by atoms with E-state index in [9.17, 15) is 13.2 Å². The van der Waals surface area contributed by atoms with E-state index in [1.165, 1.54) is 30.3 Å². The molecule has 0 radical (unpaired) electrons. The van der Waals surface area contributed by atoms with Gasteiger partial charge in [0.2, 0.25) is 15.9 Å². The minimum Gasteiger partial charge on any atom is -0.353 e. The van der Waals surface area contributed by atoms with E-state index in [0.717, 1.165) is 10.7 Å². The molecule has 1 amide bonds. The summed E-state index contributed by atoms with van der Waals surface area (Å²) in [7, 11) is -3.77. The Hall–Kier alpha value is -1.37. The van der Waals surface area contributed by atoms with Gasteiger partial charge in [-0.25, -0.2) is 8.42 Å². The predicted molar refractivity (Wildman–Crippen MR) is 88.3 cm³/mol. The first kappa shape index (κ1) is 18.7. The lowest BCUT2D eigenvalue weighted by Gasteiger charge is -2.21. The van der Waals surface area contributed by atoms with Crippen LogP contribution in [-0.2, 0) is 14.8 Å². The second kappa shape index (κ2) is 8.31.